The topological polar surface area (TPSA) is 95.6 Å². The summed E-state index contributed by atoms with van der Waals surface area (Å²) in [6.45, 7) is 0. The highest BCUT2D eigenvalue weighted by atomic mass is 16.2. The predicted octanol–water partition coefficient (Wildman–Crippen LogP) is 2.78. The number of nitrogens with zero attached hydrogens (tertiary/aromatic N) is 3. The van der Waals surface area contributed by atoms with Crippen molar-refractivity contribution in [3.63, 3.8) is 0 Å². The molecule has 0 aliphatic rings. The number of carbonyl (C=O) groups is 1. The first-order valence-electron chi connectivity index (χ1n) is 7.68. The largest absolute Gasteiger partial charge is 0.287 e. The zero-order valence-electron chi connectivity index (χ0n) is 13.1. The molecule has 0 aliphatic heterocycles. The summed E-state index contributed by atoms with van der Waals surface area (Å²) in [5, 5.41) is 7.74. The minimum atomic E-state index is -0.336. The molecule has 0 spiro atoms. The van der Waals surface area contributed by atoms with Gasteiger partial charge in [0.2, 0.25) is 0 Å². The van der Waals surface area contributed by atoms with Crippen molar-refractivity contribution in [1.82, 2.24) is 25.6 Å². The van der Waals surface area contributed by atoms with E-state index in [0.29, 0.717) is 17.2 Å². The minimum Gasteiger partial charge on any atom is -0.281 e. The first-order valence-corrected chi connectivity index (χ1v) is 7.68. The molecule has 0 atom stereocenters. The Kier molecular flexibility index (Phi) is 3.80. The van der Waals surface area contributed by atoms with Crippen LogP contribution in [0, 0.1) is 0 Å². The molecule has 4 aromatic rings. The first-order chi connectivity index (χ1) is 12.3. The monoisotopic (exact) mass is 330 g/mol. The van der Waals surface area contributed by atoms with Gasteiger partial charge in [0.15, 0.2) is 5.82 Å². The van der Waals surface area contributed by atoms with Crippen LogP contribution in [-0.2, 0) is 0 Å². The standard InChI is InChI=1S/C18H14N6O/c25-18(16-10-15(21-22-16)12-6-2-1-3-7-12)24-23-17-13-8-4-5-9-14(13)19-11-20-17/h1-11H,(H,21,22)(H,24,25)(H,19,20,23). The second-order valence-corrected chi connectivity index (χ2v) is 5.35. The smallest absolute Gasteiger partial charge is 0.281 e. The van der Waals surface area contributed by atoms with Gasteiger partial charge in [-0.2, -0.15) is 5.10 Å². The van der Waals surface area contributed by atoms with Crippen molar-refractivity contribution in [3.8, 4) is 11.3 Å². The van der Waals surface area contributed by atoms with Crippen LogP contribution >= 0.6 is 0 Å². The summed E-state index contributed by atoms with van der Waals surface area (Å²) in [6.07, 6.45) is 1.44. The molecule has 2 aromatic heterocycles. The lowest BCUT2D eigenvalue weighted by Gasteiger charge is -2.08. The highest BCUT2D eigenvalue weighted by molar-refractivity contribution is 5.95. The number of carbonyl (C=O) groups excluding carboxylic acids is 1. The Hall–Kier alpha value is -3.74. The number of aromatic nitrogens is 4. The number of hydrogen-bond donors (Lipinski definition) is 3. The van der Waals surface area contributed by atoms with Gasteiger partial charge in [0.1, 0.15) is 12.0 Å². The second kappa shape index (κ2) is 6.40. The molecule has 2 heterocycles. The average molecular weight is 330 g/mol. The number of para-hydroxylation sites is 1. The highest BCUT2D eigenvalue weighted by Gasteiger charge is 2.11. The fourth-order valence-corrected chi connectivity index (χ4v) is 2.48. The van der Waals surface area contributed by atoms with Gasteiger partial charge >= 0.3 is 0 Å². The van der Waals surface area contributed by atoms with E-state index in [2.05, 4.69) is 31.0 Å². The van der Waals surface area contributed by atoms with E-state index in [4.69, 9.17) is 0 Å². The normalized spacial score (nSPS) is 10.6. The molecular weight excluding hydrogens is 316 g/mol. The molecule has 3 N–H and O–H groups in total. The Morgan fingerprint density at radius 1 is 0.960 bits per heavy atom. The molecule has 0 bridgehead atoms. The zero-order chi connectivity index (χ0) is 17.1. The van der Waals surface area contributed by atoms with Gasteiger partial charge in [-0.1, -0.05) is 42.5 Å². The van der Waals surface area contributed by atoms with E-state index in [0.717, 1.165) is 16.5 Å². The van der Waals surface area contributed by atoms with Crippen LogP contribution in [0.5, 0.6) is 0 Å². The molecule has 0 fully saturated rings. The molecule has 7 heteroatoms. The van der Waals surface area contributed by atoms with E-state index in [1.807, 2.05) is 54.6 Å². The van der Waals surface area contributed by atoms with Gasteiger partial charge in [-0.3, -0.25) is 20.7 Å². The molecule has 25 heavy (non-hydrogen) atoms. The van der Waals surface area contributed by atoms with Crippen molar-refractivity contribution < 1.29 is 4.79 Å². The number of amides is 1. The summed E-state index contributed by atoms with van der Waals surface area (Å²) in [5.74, 6) is 0.194. The third kappa shape index (κ3) is 3.02. The molecule has 0 saturated heterocycles. The van der Waals surface area contributed by atoms with Crippen molar-refractivity contribution in [2.45, 2.75) is 0 Å². The number of nitrogens with one attached hydrogen (secondary N) is 3. The number of benzene rings is 2. The highest BCUT2D eigenvalue weighted by Crippen LogP contribution is 2.18. The van der Waals surface area contributed by atoms with Gasteiger partial charge in [0.05, 0.1) is 11.2 Å². The van der Waals surface area contributed by atoms with E-state index >= 15 is 0 Å². The number of hydrogen-bond acceptors (Lipinski definition) is 5. The maximum absolute atomic E-state index is 12.3. The molecule has 2 aromatic carbocycles. The number of rotatable bonds is 4. The van der Waals surface area contributed by atoms with E-state index in [1.165, 1.54) is 6.33 Å². The molecule has 0 saturated carbocycles. The van der Waals surface area contributed by atoms with Crippen molar-refractivity contribution in [3.05, 3.63) is 72.7 Å². The average Bonchev–Trinajstić information content (AvgIpc) is 3.17. The van der Waals surface area contributed by atoms with Gasteiger partial charge in [-0.25, -0.2) is 9.97 Å². The summed E-state index contributed by atoms with van der Waals surface area (Å²) >= 11 is 0. The molecule has 1 amide bonds. The molecule has 0 radical (unpaired) electrons. The Bertz CT molecular complexity index is 1020. The zero-order valence-corrected chi connectivity index (χ0v) is 13.1. The van der Waals surface area contributed by atoms with Crippen LogP contribution in [0.1, 0.15) is 10.5 Å². The predicted molar refractivity (Wildman–Crippen MR) is 94.7 cm³/mol. The molecule has 0 unspecified atom stereocenters. The van der Waals surface area contributed by atoms with Crippen LogP contribution in [0.3, 0.4) is 0 Å². The van der Waals surface area contributed by atoms with E-state index < -0.39 is 0 Å². The number of H-pyrrole nitrogens is 1. The van der Waals surface area contributed by atoms with E-state index in [9.17, 15) is 4.79 Å². The molecule has 7 nitrogen and oxygen atoms in total. The van der Waals surface area contributed by atoms with Gasteiger partial charge in [-0.05, 0) is 18.2 Å². The van der Waals surface area contributed by atoms with Gasteiger partial charge < -0.3 is 0 Å². The van der Waals surface area contributed by atoms with Gasteiger partial charge in [0.25, 0.3) is 5.91 Å². The summed E-state index contributed by atoms with van der Waals surface area (Å²) < 4.78 is 0. The van der Waals surface area contributed by atoms with E-state index in [-0.39, 0.29) is 5.91 Å². The second-order valence-electron chi connectivity index (χ2n) is 5.35. The minimum absolute atomic E-state index is 0.336. The summed E-state index contributed by atoms with van der Waals surface area (Å²) in [6, 6.07) is 18.9. The Morgan fingerprint density at radius 2 is 1.76 bits per heavy atom. The van der Waals surface area contributed by atoms with Gasteiger partial charge in [0, 0.05) is 10.9 Å². The maximum atomic E-state index is 12.3. The molecule has 122 valence electrons. The maximum Gasteiger partial charge on any atom is 0.287 e. The van der Waals surface area contributed by atoms with E-state index in [1.54, 1.807) is 6.07 Å². The first kappa shape index (κ1) is 14.8. The molecular formula is C18H14N6O. The van der Waals surface area contributed by atoms with Crippen LogP contribution < -0.4 is 10.9 Å². The SMILES string of the molecule is O=C(NNc1ncnc2ccccc12)c1cc(-c2ccccc2)n[nH]1. The summed E-state index contributed by atoms with van der Waals surface area (Å²) in [7, 11) is 0. The number of hydrazine groups is 1. The Morgan fingerprint density at radius 3 is 2.64 bits per heavy atom. The van der Waals surface area contributed by atoms with Crippen LogP contribution in [0.15, 0.2) is 67.0 Å². The van der Waals surface area contributed by atoms with Crippen molar-refractivity contribution >= 4 is 22.6 Å². The fraction of sp³-hybridized carbons (Fsp3) is 0. The quantitative estimate of drug-likeness (QED) is 0.500. The number of fused-ring (bicyclic) bond motifs is 1. The van der Waals surface area contributed by atoms with Crippen LogP contribution in [0.2, 0.25) is 0 Å². The van der Waals surface area contributed by atoms with Crippen molar-refractivity contribution in [2.24, 2.45) is 0 Å². The van der Waals surface area contributed by atoms with Crippen LogP contribution in [0.4, 0.5) is 5.82 Å². The third-order valence-corrected chi connectivity index (χ3v) is 3.73. The van der Waals surface area contributed by atoms with Crippen LogP contribution in [0.25, 0.3) is 22.2 Å². The summed E-state index contributed by atoms with van der Waals surface area (Å²) in [4.78, 5) is 20.7. The Labute approximate surface area is 143 Å². The molecule has 0 aliphatic carbocycles. The van der Waals surface area contributed by atoms with Crippen molar-refractivity contribution in [2.75, 3.05) is 5.43 Å². The third-order valence-electron chi connectivity index (χ3n) is 3.73. The molecule has 4 rings (SSSR count). The van der Waals surface area contributed by atoms with Crippen LogP contribution in [-0.4, -0.2) is 26.1 Å². The lowest BCUT2D eigenvalue weighted by molar-refractivity contribution is 0.0957. The Balaban J connectivity index is 1.50. The lowest BCUT2D eigenvalue weighted by atomic mass is 10.1. The lowest BCUT2D eigenvalue weighted by Crippen LogP contribution is -2.30. The van der Waals surface area contributed by atoms with Gasteiger partial charge in [-0.15, -0.1) is 0 Å². The number of anilines is 1. The fourth-order valence-electron chi connectivity index (χ4n) is 2.48. The van der Waals surface area contributed by atoms with Crippen molar-refractivity contribution in [1.29, 1.82) is 0 Å². The number of aromatic amines is 1. The summed E-state index contributed by atoms with van der Waals surface area (Å²) in [5.41, 5.74) is 8.25.